The third-order valence-corrected chi connectivity index (χ3v) is 4.12. The number of amides is 1. The number of carbonyl (C=O) groups excluding carboxylic acids is 1. The van der Waals surface area contributed by atoms with E-state index in [1.165, 1.54) is 18.5 Å². The van der Waals surface area contributed by atoms with Crippen LogP contribution in [0.5, 0.6) is 11.5 Å². The molecular weight excluding hydrogens is 437 g/mol. The molecule has 1 aromatic carbocycles. The third kappa shape index (κ3) is 5.40. The summed E-state index contributed by atoms with van der Waals surface area (Å²) in [7, 11) is 0. The third-order valence-electron chi connectivity index (χ3n) is 3.91. The van der Waals surface area contributed by atoms with Crippen LogP contribution >= 0.6 is 11.6 Å². The van der Waals surface area contributed by atoms with E-state index in [-0.39, 0.29) is 16.3 Å². The van der Waals surface area contributed by atoms with Crippen molar-refractivity contribution in [2.75, 3.05) is 5.32 Å². The fourth-order valence-corrected chi connectivity index (χ4v) is 2.82. The fourth-order valence-electron chi connectivity index (χ4n) is 2.60. The molecule has 1 amide bonds. The minimum atomic E-state index is -4.90. The lowest BCUT2D eigenvalue weighted by atomic mass is 10.2. The summed E-state index contributed by atoms with van der Waals surface area (Å²) in [6, 6.07) is 9.13. The standard InChI is InChI=1S/C20H12ClF3N4O3/c21-13-6-12(9-25)7-15(8-13)31-18-16(20(22,23)24)3-5-28(19(18)30)11-17(29)27-14-2-1-4-26-10-14/h1-8,10H,11H2,(H,27,29). The second kappa shape index (κ2) is 8.89. The molecule has 7 nitrogen and oxygen atoms in total. The van der Waals surface area contributed by atoms with Crippen molar-refractivity contribution in [3.05, 3.63) is 81.5 Å². The average molecular weight is 449 g/mol. The van der Waals surface area contributed by atoms with Gasteiger partial charge in [0.25, 0.3) is 5.56 Å². The number of hydrogen-bond acceptors (Lipinski definition) is 5. The zero-order valence-corrected chi connectivity index (χ0v) is 16.2. The molecule has 0 unspecified atom stereocenters. The van der Waals surface area contributed by atoms with E-state index in [1.54, 1.807) is 18.2 Å². The molecule has 0 radical (unpaired) electrons. The van der Waals surface area contributed by atoms with Crippen molar-refractivity contribution in [2.45, 2.75) is 12.7 Å². The molecule has 2 heterocycles. The van der Waals surface area contributed by atoms with Crippen LogP contribution in [0.4, 0.5) is 18.9 Å². The molecule has 11 heteroatoms. The largest absolute Gasteiger partial charge is 0.451 e. The molecule has 0 atom stereocenters. The van der Waals surface area contributed by atoms with E-state index < -0.39 is 35.5 Å². The lowest BCUT2D eigenvalue weighted by molar-refractivity contribution is -0.138. The van der Waals surface area contributed by atoms with Crippen LogP contribution in [0.15, 0.2) is 59.8 Å². The van der Waals surface area contributed by atoms with Crippen LogP contribution in [0.2, 0.25) is 5.02 Å². The SMILES string of the molecule is N#Cc1cc(Cl)cc(Oc2c(C(F)(F)F)ccn(CC(=O)Nc3cccnc3)c2=O)c1. The van der Waals surface area contributed by atoms with Gasteiger partial charge in [0, 0.05) is 17.4 Å². The lowest BCUT2D eigenvalue weighted by Crippen LogP contribution is -2.29. The van der Waals surface area contributed by atoms with Gasteiger partial charge in [0.05, 0.1) is 23.5 Å². The van der Waals surface area contributed by atoms with Gasteiger partial charge in [-0.15, -0.1) is 0 Å². The Morgan fingerprint density at radius 2 is 2.06 bits per heavy atom. The maximum absolute atomic E-state index is 13.4. The molecule has 0 spiro atoms. The van der Waals surface area contributed by atoms with Gasteiger partial charge < -0.3 is 14.6 Å². The van der Waals surface area contributed by atoms with E-state index >= 15 is 0 Å². The van der Waals surface area contributed by atoms with E-state index in [9.17, 15) is 22.8 Å². The highest BCUT2D eigenvalue weighted by Crippen LogP contribution is 2.36. The Balaban J connectivity index is 1.97. The van der Waals surface area contributed by atoms with Crippen molar-refractivity contribution in [1.29, 1.82) is 5.26 Å². The second-order valence-corrected chi connectivity index (χ2v) is 6.61. The van der Waals surface area contributed by atoms with Crippen LogP contribution in [-0.4, -0.2) is 15.5 Å². The van der Waals surface area contributed by atoms with Crippen molar-refractivity contribution >= 4 is 23.2 Å². The molecule has 0 saturated carbocycles. The Labute approximate surface area is 178 Å². The molecule has 0 fully saturated rings. The van der Waals surface area contributed by atoms with Gasteiger partial charge in [0.1, 0.15) is 17.9 Å². The highest BCUT2D eigenvalue weighted by atomic mass is 35.5. The van der Waals surface area contributed by atoms with Gasteiger partial charge in [-0.2, -0.15) is 18.4 Å². The number of hydrogen-bond donors (Lipinski definition) is 1. The number of alkyl halides is 3. The first-order chi connectivity index (χ1) is 14.7. The summed E-state index contributed by atoms with van der Waals surface area (Å²) in [5.74, 6) is -1.94. The quantitative estimate of drug-likeness (QED) is 0.630. The number of anilines is 1. The molecular formula is C20H12ClF3N4O3. The maximum Gasteiger partial charge on any atom is 0.420 e. The Morgan fingerprint density at radius 3 is 2.71 bits per heavy atom. The minimum Gasteiger partial charge on any atom is -0.451 e. The van der Waals surface area contributed by atoms with Crippen LogP contribution in [0, 0.1) is 11.3 Å². The fraction of sp³-hybridized carbons (Fsp3) is 0.100. The van der Waals surface area contributed by atoms with Crippen molar-refractivity contribution in [2.24, 2.45) is 0 Å². The number of nitrogens with one attached hydrogen (secondary N) is 1. The van der Waals surface area contributed by atoms with Gasteiger partial charge in [0.2, 0.25) is 11.7 Å². The second-order valence-electron chi connectivity index (χ2n) is 6.17. The van der Waals surface area contributed by atoms with Gasteiger partial charge in [0.15, 0.2) is 0 Å². The zero-order chi connectivity index (χ0) is 22.6. The van der Waals surface area contributed by atoms with E-state index in [0.29, 0.717) is 11.8 Å². The lowest BCUT2D eigenvalue weighted by Gasteiger charge is -2.16. The smallest absolute Gasteiger partial charge is 0.420 e. The summed E-state index contributed by atoms with van der Waals surface area (Å²) in [5.41, 5.74) is -2.13. The van der Waals surface area contributed by atoms with E-state index in [2.05, 4.69) is 10.3 Å². The predicted octanol–water partition coefficient (Wildman–Crippen LogP) is 4.22. The first-order valence-corrected chi connectivity index (χ1v) is 8.94. The number of ether oxygens (including phenoxy) is 1. The molecule has 0 aliphatic heterocycles. The van der Waals surface area contributed by atoms with E-state index in [4.69, 9.17) is 21.6 Å². The minimum absolute atomic E-state index is 0.0307. The first kappa shape index (κ1) is 21.9. The number of carbonyl (C=O) groups is 1. The van der Waals surface area contributed by atoms with Crippen molar-refractivity contribution in [1.82, 2.24) is 9.55 Å². The molecule has 2 aromatic heterocycles. The summed E-state index contributed by atoms with van der Waals surface area (Å²) in [5, 5.41) is 11.5. The summed E-state index contributed by atoms with van der Waals surface area (Å²) in [6.45, 7) is -0.568. The Bertz CT molecular complexity index is 1220. The Morgan fingerprint density at radius 1 is 1.29 bits per heavy atom. The highest BCUT2D eigenvalue weighted by molar-refractivity contribution is 6.30. The number of benzene rings is 1. The molecule has 0 saturated heterocycles. The molecule has 0 aliphatic carbocycles. The maximum atomic E-state index is 13.4. The van der Waals surface area contributed by atoms with Crippen LogP contribution in [0.25, 0.3) is 0 Å². The van der Waals surface area contributed by atoms with Crippen molar-refractivity contribution in [3.8, 4) is 17.6 Å². The van der Waals surface area contributed by atoms with Gasteiger partial charge in [-0.25, -0.2) is 0 Å². The Kier molecular flexibility index (Phi) is 6.27. The number of halogens is 4. The monoisotopic (exact) mass is 448 g/mol. The summed E-state index contributed by atoms with van der Waals surface area (Å²) < 4.78 is 46.3. The average Bonchev–Trinajstić information content (AvgIpc) is 2.70. The number of rotatable bonds is 5. The molecule has 3 rings (SSSR count). The van der Waals surface area contributed by atoms with Gasteiger partial charge >= 0.3 is 6.18 Å². The van der Waals surface area contributed by atoms with Crippen LogP contribution < -0.4 is 15.6 Å². The summed E-state index contributed by atoms with van der Waals surface area (Å²) in [6.07, 6.45) is -1.19. The number of pyridine rings is 2. The number of nitriles is 1. The van der Waals surface area contributed by atoms with Crippen LogP contribution in [0.3, 0.4) is 0 Å². The van der Waals surface area contributed by atoms with Gasteiger partial charge in [-0.05, 0) is 36.4 Å². The molecule has 0 bridgehead atoms. The normalized spacial score (nSPS) is 10.9. The topological polar surface area (TPSA) is 97.0 Å². The summed E-state index contributed by atoms with van der Waals surface area (Å²) in [4.78, 5) is 28.7. The number of nitrogens with zero attached hydrogens (tertiary/aromatic N) is 3. The zero-order valence-electron chi connectivity index (χ0n) is 15.5. The first-order valence-electron chi connectivity index (χ1n) is 8.56. The summed E-state index contributed by atoms with van der Waals surface area (Å²) >= 11 is 5.85. The van der Waals surface area contributed by atoms with E-state index in [0.717, 1.165) is 22.9 Å². The van der Waals surface area contributed by atoms with Gasteiger partial charge in [-0.3, -0.25) is 14.6 Å². The Hall–Kier alpha value is -3.84. The predicted molar refractivity (Wildman–Crippen MR) is 105 cm³/mol. The molecule has 3 aromatic rings. The number of aromatic nitrogens is 2. The van der Waals surface area contributed by atoms with Crippen molar-refractivity contribution in [3.63, 3.8) is 0 Å². The van der Waals surface area contributed by atoms with Crippen LogP contribution in [0.1, 0.15) is 11.1 Å². The highest BCUT2D eigenvalue weighted by Gasteiger charge is 2.36. The van der Waals surface area contributed by atoms with Gasteiger partial charge in [-0.1, -0.05) is 11.6 Å². The molecule has 1 N–H and O–H groups in total. The molecule has 31 heavy (non-hydrogen) atoms. The van der Waals surface area contributed by atoms with Crippen LogP contribution in [-0.2, 0) is 17.5 Å². The van der Waals surface area contributed by atoms with E-state index in [1.807, 2.05) is 0 Å². The van der Waals surface area contributed by atoms with Crippen molar-refractivity contribution < 1.29 is 22.7 Å². The molecule has 158 valence electrons. The molecule has 0 aliphatic rings.